The quantitative estimate of drug-likeness (QED) is 0.463. The molecule has 82 valence electrons. The summed E-state index contributed by atoms with van der Waals surface area (Å²) in [5, 5.41) is 2.20. The number of carbonyl (C=O) groups excluding carboxylic acids is 3. The molecule has 0 saturated heterocycles. The standard InChI is InChI=1S/C6H10N2O4.C2H6/c1-2-8-5(10)6(11)12-3-4(7)9;1-2/h2-3H2,1H3,(H2,7,9)(H,8,10);1-2H3. The van der Waals surface area contributed by atoms with Crippen LogP contribution in [0.15, 0.2) is 0 Å². The Labute approximate surface area is 82.8 Å². The first-order valence-electron chi connectivity index (χ1n) is 4.31. The molecule has 6 heteroatoms. The molecular formula is C8H16N2O4. The average Bonchev–Trinajstić information content (AvgIpc) is 2.17. The zero-order chi connectivity index (χ0) is 11.6. The molecule has 0 atom stereocenters. The van der Waals surface area contributed by atoms with Crippen molar-refractivity contribution >= 4 is 17.8 Å². The van der Waals surface area contributed by atoms with Crippen LogP contribution in [0.4, 0.5) is 0 Å². The van der Waals surface area contributed by atoms with Crippen LogP contribution in [0, 0.1) is 0 Å². The Bertz CT molecular complexity index is 204. The van der Waals surface area contributed by atoms with Crippen LogP contribution in [0.3, 0.4) is 0 Å². The van der Waals surface area contributed by atoms with Gasteiger partial charge in [-0.1, -0.05) is 13.8 Å². The first kappa shape index (κ1) is 14.9. The van der Waals surface area contributed by atoms with Gasteiger partial charge in [0, 0.05) is 6.54 Å². The third kappa shape index (κ3) is 8.51. The summed E-state index contributed by atoms with van der Waals surface area (Å²) < 4.78 is 4.19. The molecule has 0 spiro atoms. The molecule has 0 bridgehead atoms. The molecule has 0 heterocycles. The van der Waals surface area contributed by atoms with Crippen molar-refractivity contribution in [3.05, 3.63) is 0 Å². The largest absolute Gasteiger partial charge is 0.448 e. The Morgan fingerprint density at radius 3 is 2.14 bits per heavy atom. The molecule has 0 rings (SSSR count). The predicted molar refractivity (Wildman–Crippen MR) is 50.2 cm³/mol. The van der Waals surface area contributed by atoms with Crippen molar-refractivity contribution in [2.45, 2.75) is 20.8 Å². The van der Waals surface area contributed by atoms with Crippen LogP contribution in [0.5, 0.6) is 0 Å². The van der Waals surface area contributed by atoms with Gasteiger partial charge in [-0.3, -0.25) is 9.59 Å². The van der Waals surface area contributed by atoms with E-state index >= 15 is 0 Å². The number of hydrogen-bond donors (Lipinski definition) is 2. The normalized spacial score (nSPS) is 7.93. The van der Waals surface area contributed by atoms with Gasteiger partial charge in [0.2, 0.25) is 0 Å². The summed E-state index contributed by atoms with van der Waals surface area (Å²) in [6.07, 6.45) is 0. The van der Waals surface area contributed by atoms with Crippen LogP contribution in [0.2, 0.25) is 0 Å². The summed E-state index contributed by atoms with van der Waals surface area (Å²) in [6.45, 7) is 5.40. The topological polar surface area (TPSA) is 98.5 Å². The van der Waals surface area contributed by atoms with Crippen molar-refractivity contribution in [1.82, 2.24) is 5.32 Å². The Morgan fingerprint density at radius 1 is 1.29 bits per heavy atom. The first-order valence-corrected chi connectivity index (χ1v) is 4.31. The number of rotatable bonds is 3. The van der Waals surface area contributed by atoms with Gasteiger partial charge < -0.3 is 15.8 Å². The number of amides is 2. The second kappa shape index (κ2) is 9.50. The maximum atomic E-state index is 10.6. The Balaban J connectivity index is 0. The van der Waals surface area contributed by atoms with E-state index in [1.807, 2.05) is 13.8 Å². The van der Waals surface area contributed by atoms with Gasteiger partial charge in [0.1, 0.15) is 0 Å². The number of hydrogen-bond acceptors (Lipinski definition) is 4. The highest BCUT2D eigenvalue weighted by Gasteiger charge is 2.14. The molecular weight excluding hydrogens is 188 g/mol. The van der Waals surface area contributed by atoms with Crippen molar-refractivity contribution in [3.8, 4) is 0 Å². The maximum absolute atomic E-state index is 10.6. The van der Waals surface area contributed by atoms with Gasteiger partial charge in [0.15, 0.2) is 6.61 Å². The van der Waals surface area contributed by atoms with Crippen LogP contribution in [-0.2, 0) is 19.1 Å². The summed E-state index contributed by atoms with van der Waals surface area (Å²) in [4.78, 5) is 31.3. The smallest absolute Gasteiger partial charge is 0.397 e. The fraction of sp³-hybridized carbons (Fsp3) is 0.625. The van der Waals surface area contributed by atoms with E-state index in [2.05, 4.69) is 15.8 Å². The van der Waals surface area contributed by atoms with E-state index in [4.69, 9.17) is 0 Å². The Morgan fingerprint density at radius 2 is 1.79 bits per heavy atom. The second-order valence-corrected chi connectivity index (χ2v) is 1.90. The first-order chi connectivity index (χ1) is 6.57. The predicted octanol–water partition coefficient (Wildman–Crippen LogP) is -0.823. The molecule has 0 aliphatic heterocycles. The van der Waals surface area contributed by atoms with Crippen molar-refractivity contribution in [1.29, 1.82) is 0 Å². The fourth-order valence-electron chi connectivity index (χ4n) is 0.435. The van der Waals surface area contributed by atoms with Crippen LogP contribution in [0.25, 0.3) is 0 Å². The molecule has 0 radical (unpaired) electrons. The third-order valence-electron chi connectivity index (χ3n) is 0.868. The summed E-state index contributed by atoms with van der Waals surface area (Å²) in [7, 11) is 0. The molecule has 0 unspecified atom stereocenters. The van der Waals surface area contributed by atoms with Crippen LogP contribution < -0.4 is 11.1 Å². The second-order valence-electron chi connectivity index (χ2n) is 1.90. The zero-order valence-electron chi connectivity index (χ0n) is 8.62. The lowest BCUT2D eigenvalue weighted by molar-refractivity contribution is -0.156. The molecule has 0 aliphatic carbocycles. The van der Waals surface area contributed by atoms with Crippen molar-refractivity contribution < 1.29 is 19.1 Å². The molecule has 3 N–H and O–H groups in total. The van der Waals surface area contributed by atoms with Gasteiger partial charge >= 0.3 is 11.9 Å². The number of primary amides is 1. The molecule has 6 nitrogen and oxygen atoms in total. The highest BCUT2D eigenvalue weighted by atomic mass is 16.5. The zero-order valence-corrected chi connectivity index (χ0v) is 8.62. The monoisotopic (exact) mass is 204 g/mol. The van der Waals surface area contributed by atoms with Crippen LogP contribution in [-0.4, -0.2) is 30.9 Å². The minimum absolute atomic E-state index is 0.324. The van der Waals surface area contributed by atoms with E-state index in [-0.39, 0.29) is 0 Å². The van der Waals surface area contributed by atoms with Gasteiger partial charge in [-0.15, -0.1) is 0 Å². The minimum Gasteiger partial charge on any atom is -0.448 e. The number of nitrogens with one attached hydrogen (secondary N) is 1. The van der Waals surface area contributed by atoms with Crippen molar-refractivity contribution in [3.63, 3.8) is 0 Å². The van der Waals surface area contributed by atoms with Gasteiger partial charge in [-0.05, 0) is 6.92 Å². The molecule has 2 amide bonds. The molecule has 0 fully saturated rings. The third-order valence-corrected chi connectivity index (χ3v) is 0.868. The lowest BCUT2D eigenvalue weighted by atomic mass is 10.5. The average molecular weight is 204 g/mol. The lowest BCUT2D eigenvalue weighted by Crippen LogP contribution is -2.34. The van der Waals surface area contributed by atoms with Crippen molar-refractivity contribution in [2.24, 2.45) is 5.73 Å². The molecule has 0 aromatic carbocycles. The van der Waals surface area contributed by atoms with E-state index < -0.39 is 24.4 Å². The molecule has 0 aromatic heterocycles. The van der Waals surface area contributed by atoms with Crippen LogP contribution >= 0.6 is 0 Å². The Hall–Kier alpha value is -1.59. The SMILES string of the molecule is CC.CCNC(=O)C(=O)OCC(N)=O. The lowest BCUT2D eigenvalue weighted by Gasteiger charge is -2.00. The molecule has 0 aromatic rings. The van der Waals surface area contributed by atoms with E-state index in [9.17, 15) is 14.4 Å². The molecule has 0 saturated carbocycles. The van der Waals surface area contributed by atoms with Crippen LogP contribution in [0.1, 0.15) is 20.8 Å². The number of nitrogens with two attached hydrogens (primary N) is 1. The molecule has 14 heavy (non-hydrogen) atoms. The van der Waals surface area contributed by atoms with Gasteiger partial charge in [0.05, 0.1) is 0 Å². The summed E-state index contributed by atoms with van der Waals surface area (Å²) in [6, 6.07) is 0. The Kier molecular flexibility index (Phi) is 10.1. The highest BCUT2D eigenvalue weighted by molar-refractivity contribution is 6.32. The van der Waals surface area contributed by atoms with E-state index in [1.165, 1.54) is 0 Å². The van der Waals surface area contributed by atoms with Gasteiger partial charge in [-0.25, -0.2) is 4.79 Å². The number of likely N-dealkylation sites (N-methyl/N-ethyl adjacent to an activating group) is 1. The van der Waals surface area contributed by atoms with E-state index in [1.54, 1.807) is 6.92 Å². The fourth-order valence-corrected chi connectivity index (χ4v) is 0.435. The highest BCUT2D eigenvalue weighted by Crippen LogP contribution is 1.77. The number of carbonyl (C=O) groups is 3. The maximum Gasteiger partial charge on any atom is 0.397 e. The number of esters is 1. The van der Waals surface area contributed by atoms with E-state index in [0.29, 0.717) is 6.54 Å². The minimum atomic E-state index is -1.10. The van der Waals surface area contributed by atoms with Crippen molar-refractivity contribution in [2.75, 3.05) is 13.2 Å². The summed E-state index contributed by atoms with van der Waals surface area (Å²) >= 11 is 0. The van der Waals surface area contributed by atoms with E-state index in [0.717, 1.165) is 0 Å². The summed E-state index contributed by atoms with van der Waals surface area (Å²) in [5.41, 5.74) is 4.67. The summed E-state index contributed by atoms with van der Waals surface area (Å²) in [5.74, 6) is -2.78. The van der Waals surface area contributed by atoms with Gasteiger partial charge in [-0.2, -0.15) is 0 Å². The number of ether oxygens (including phenoxy) is 1. The van der Waals surface area contributed by atoms with Gasteiger partial charge in [0.25, 0.3) is 5.91 Å². The molecule has 0 aliphatic rings.